The van der Waals surface area contributed by atoms with Crippen LogP contribution in [0.4, 0.5) is 17.3 Å². The fourth-order valence-corrected chi connectivity index (χ4v) is 4.05. The summed E-state index contributed by atoms with van der Waals surface area (Å²) in [5.41, 5.74) is 5.55. The smallest absolute Gasteiger partial charge is 0.153 e. The van der Waals surface area contributed by atoms with E-state index in [1.807, 2.05) is 44.0 Å². The molecule has 164 valence electrons. The third-order valence-corrected chi connectivity index (χ3v) is 5.92. The molecule has 4 aromatic heterocycles. The number of hydrogen-bond acceptors (Lipinski definition) is 7. The second-order valence-electron chi connectivity index (χ2n) is 8.24. The lowest BCUT2D eigenvalue weighted by Gasteiger charge is -2.36. The number of anilines is 3. The molecule has 0 saturated carbocycles. The summed E-state index contributed by atoms with van der Waals surface area (Å²) in [5.74, 6) is 1.60. The first-order valence-corrected chi connectivity index (χ1v) is 11.1. The van der Waals surface area contributed by atoms with Crippen LogP contribution in [-0.2, 0) is 20.0 Å². The first kappa shape index (κ1) is 20.4. The third kappa shape index (κ3) is 4.55. The van der Waals surface area contributed by atoms with Crippen LogP contribution in [0, 0.1) is 0 Å². The summed E-state index contributed by atoms with van der Waals surface area (Å²) < 4.78 is 1.77. The van der Waals surface area contributed by atoms with Gasteiger partial charge in [-0.2, -0.15) is 5.10 Å². The molecule has 0 bridgehead atoms. The summed E-state index contributed by atoms with van der Waals surface area (Å²) in [6.07, 6.45) is 8.77. The van der Waals surface area contributed by atoms with Crippen molar-refractivity contribution in [1.29, 1.82) is 0 Å². The SMILES string of the molecule is CCc1cnc2cc(CN3CCN(c4ccc(Nc5ccn(C)n5)nc4)CC3)cnc2c1. The molecule has 5 rings (SSSR count). The van der Waals surface area contributed by atoms with Crippen LogP contribution < -0.4 is 10.2 Å². The molecular formula is C24H28N8. The van der Waals surface area contributed by atoms with Crippen molar-refractivity contribution in [2.75, 3.05) is 36.4 Å². The van der Waals surface area contributed by atoms with Crippen LogP contribution in [0.2, 0.25) is 0 Å². The zero-order valence-corrected chi connectivity index (χ0v) is 18.6. The normalized spacial score (nSPS) is 14.8. The van der Waals surface area contributed by atoms with Crippen molar-refractivity contribution < 1.29 is 0 Å². The minimum Gasteiger partial charge on any atom is -0.368 e. The van der Waals surface area contributed by atoms with Crippen LogP contribution in [0.25, 0.3) is 11.0 Å². The van der Waals surface area contributed by atoms with E-state index in [0.717, 1.165) is 67.5 Å². The van der Waals surface area contributed by atoms with Crippen LogP contribution in [-0.4, -0.2) is 55.8 Å². The maximum atomic E-state index is 4.64. The topological polar surface area (TPSA) is 75.0 Å². The largest absolute Gasteiger partial charge is 0.368 e. The number of nitrogens with one attached hydrogen (secondary N) is 1. The van der Waals surface area contributed by atoms with Gasteiger partial charge in [0.05, 0.1) is 22.9 Å². The van der Waals surface area contributed by atoms with Gasteiger partial charge < -0.3 is 10.2 Å². The van der Waals surface area contributed by atoms with Gasteiger partial charge in [-0.25, -0.2) is 4.98 Å². The summed E-state index contributed by atoms with van der Waals surface area (Å²) in [5, 5.41) is 7.55. The van der Waals surface area contributed by atoms with Crippen molar-refractivity contribution in [1.82, 2.24) is 29.6 Å². The Morgan fingerprint density at radius 3 is 2.25 bits per heavy atom. The van der Waals surface area contributed by atoms with Gasteiger partial charge in [0.1, 0.15) is 5.82 Å². The monoisotopic (exact) mass is 428 g/mol. The van der Waals surface area contributed by atoms with Gasteiger partial charge in [-0.15, -0.1) is 0 Å². The number of hydrogen-bond donors (Lipinski definition) is 1. The molecule has 1 aliphatic rings. The van der Waals surface area contributed by atoms with Gasteiger partial charge in [-0.1, -0.05) is 6.92 Å². The third-order valence-electron chi connectivity index (χ3n) is 5.92. The Morgan fingerprint density at radius 2 is 1.59 bits per heavy atom. The van der Waals surface area contributed by atoms with Crippen LogP contribution in [0.3, 0.4) is 0 Å². The van der Waals surface area contributed by atoms with Gasteiger partial charge in [0.15, 0.2) is 5.82 Å². The number of piperazine rings is 1. The number of aryl methyl sites for hydroxylation is 2. The molecule has 1 N–H and O–H groups in total. The van der Waals surface area contributed by atoms with E-state index < -0.39 is 0 Å². The molecule has 0 spiro atoms. The molecular weight excluding hydrogens is 400 g/mol. The molecule has 8 heteroatoms. The highest BCUT2D eigenvalue weighted by Crippen LogP contribution is 2.20. The molecule has 0 amide bonds. The zero-order valence-electron chi connectivity index (χ0n) is 18.6. The number of pyridine rings is 3. The van der Waals surface area contributed by atoms with Crippen molar-refractivity contribution in [3.8, 4) is 0 Å². The minimum absolute atomic E-state index is 0.797. The first-order chi connectivity index (χ1) is 15.7. The lowest BCUT2D eigenvalue weighted by atomic mass is 10.1. The van der Waals surface area contributed by atoms with Crippen molar-refractivity contribution in [3.63, 3.8) is 0 Å². The molecule has 1 aliphatic heterocycles. The van der Waals surface area contributed by atoms with Crippen LogP contribution in [0.1, 0.15) is 18.1 Å². The second kappa shape index (κ2) is 8.92. The predicted octanol–water partition coefficient (Wildman–Crippen LogP) is 3.39. The first-order valence-electron chi connectivity index (χ1n) is 11.1. The number of fused-ring (bicyclic) bond motifs is 1. The molecule has 8 nitrogen and oxygen atoms in total. The molecule has 5 heterocycles. The summed E-state index contributed by atoms with van der Waals surface area (Å²) in [7, 11) is 1.90. The Kier molecular flexibility index (Phi) is 5.68. The Hall–Kier alpha value is -3.52. The predicted molar refractivity (Wildman–Crippen MR) is 127 cm³/mol. The van der Waals surface area contributed by atoms with Gasteiger partial charge in [0, 0.05) is 64.4 Å². The van der Waals surface area contributed by atoms with E-state index in [1.54, 1.807) is 4.68 Å². The molecule has 0 aliphatic carbocycles. The maximum absolute atomic E-state index is 4.64. The molecule has 0 radical (unpaired) electrons. The van der Waals surface area contributed by atoms with Gasteiger partial charge in [0.2, 0.25) is 0 Å². The summed E-state index contributed by atoms with van der Waals surface area (Å²) in [4.78, 5) is 18.6. The van der Waals surface area contributed by atoms with Crippen molar-refractivity contribution in [3.05, 3.63) is 66.2 Å². The second-order valence-corrected chi connectivity index (χ2v) is 8.24. The number of rotatable bonds is 6. The van der Waals surface area contributed by atoms with E-state index in [-0.39, 0.29) is 0 Å². The lowest BCUT2D eigenvalue weighted by molar-refractivity contribution is 0.249. The molecule has 4 aromatic rings. The molecule has 0 atom stereocenters. The van der Waals surface area contributed by atoms with Crippen LogP contribution in [0.15, 0.2) is 55.1 Å². The van der Waals surface area contributed by atoms with Crippen LogP contribution >= 0.6 is 0 Å². The fourth-order valence-electron chi connectivity index (χ4n) is 4.05. The van der Waals surface area contributed by atoms with Crippen molar-refractivity contribution >= 4 is 28.4 Å². The van der Waals surface area contributed by atoms with Gasteiger partial charge in [0.25, 0.3) is 0 Å². The molecule has 0 aromatic carbocycles. The average Bonchev–Trinajstić information content (AvgIpc) is 3.24. The van der Waals surface area contributed by atoms with E-state index >= 15 is 0 Å². The van der Waals surface area contributed by atoms with Gasteiger partial charge in [-0.05, 0) is 41.8 Å². The highest BCUT2D eigenvalue weighted by molar-refractivity contribution is 5.74. The minimum atomic E-state index is 0.797. The van der Waals surface area contributed by atoms with Gasteiger partial charge in [-0.3, -0.25) is 19.5 Å². The average molecular weight is 429 g/mol. The highest BCUT2D eigenvalue weighted by Gasteiger charge is 2.18. The summed E-state index contributed by atoms with van der Waals surface area (Å²) >= 11 is 0. The number of aromatic nitrogens is 5. The molecule has 1 fully saturated rings. The number of nitrogens with zero attached hydrogens (tertiary/aromatic N) is 7. The van der Waals surface area contributed by atoms with E-state index in [4.69, 9.17) is 0 Å². The summed E-state index contributed by atoms with van der Waals surface area (Å²) in [6, 6.07) is 10.4. The van der Waals surface area contributed by atoms with Crippen molar-refractivity contribution in [2.45, 2.75) is 19.9 Å². The van der Waals surface area contributed by atoms with Gasteiger partial charge >= 0.3 is 0 Å². The van der Waals surface area contributed by atoms with E-state index in [2.05, 4.69) is 60.3 Å². The highest BCUT2D eigenvalue weighted by atomic mass is 15.3. The quantitative estimate of drug-likeness (QED) is 0.505. The molecule has 32 heavy (non-hydrogen) atoms. The standard InChI is InChI=1S/C24H28N8/c1-3-18-12-21-22(25-14-18)13-19(15-26-21)17-31-8-10-32(11-9-31)20-4-5-23(27-16-20)28-24-6-7-30(2)29-24/h4-7,12-16H,3,8-11,17H2,1-2H3,(H,27,28,29). The van der Waals surface area contributed by atoms with E-state index in [9.17, 15) is 0 Å². The Labute approximate surface area is 187 Å². The van der Waals surface area contributed by atoms with E-state index in [1.165, 1.54) is 11.1 Å². The van der Waals surface area contributed by atoms with E-state index in [0.29, 0.717) is 0 Å². The molecule has 1 saturated heterocycles. The Balaban J connectivity index is 1.16. The molecule has 0 unspecified atom stereocenters. The van der Waals surface area contributed by atoms with Crippen LogP contribution in [0.5, 0.6) is 0 Å². The zero-order chi connectivity index (χ0) is 21.9. The summed E-state index contributed by atoms with van der Waals surface area (Å²) in [6.45, 7) is 7.02. The fraction of sp³-hybridized carbons (Fsp3) is 0.333. The Morgan fingerprint density at radius 1 is 0.844 bits per heavy atom. The lowest BCUT2D eigenvalue weighted by Crippen LogP contribution is -2.46. The maximum Gasteiger partial charge on any atom is 0.153 e. The van der Waals surface area contributed by atoms with Crippen molar-refractivity contribution in [2.24, 2.45) is 7.05 Å². The Bertz CT molecular complexity index is 1190.